The first kappa shape index (κ1) is 12.5. The lowest BCUT2D eigenvalue weighted by Gasteiger charge is -2.13. The highest BCUT2D eigenvalue weighted by Crippen LogP contribution is 2.14. The van der Waals surface area contributed by atoms with E-state index in [0.29, 0.717) is 6.42 Å². The lowest BCUT2D eigenvalue weighted by Crippen LogP contribution is -2.29. The number of carbonyl (C=O) groups is 1. The van der Waals surface area contributed by atoms with Gasteiger partial charge < -0.3 is 9.80 Å². The van der Waals surface area contributed by atoms with Gasteiger partial charge in [0, 0.05) is 25.0 Å². The van der Waals surface area contributed by atoms with Crippen molar-refractivity contribution in [3.63, 3.8) is 0 Å². The summed E-state index contributed by atoms with van der Waals surface area (Å²) >= 11 is 1.64. The molecule has 0 aromatic carbocycles. The Morgan fingerprint density at radius 1 is 1.47 bits per heavy atom. The van der Waals surface area contributed by atoms with Crippen LogP contribution in [0.15, 0.2) is 5.38 Å². The number of aromatic nitrogens is 1. The number of rotatable bonds is 4. The quantitative estimate of drug-likeness (QED) is 0.813. The van der Waals surface area contributed by atoms with Gasteiger partial charge in [0.15, 0.2) is 0 Å². The summed E-state index contributed by atoms with van der Waals surface area (Å²) in [5, 5.41) is 3.09. The number of hydrogen-bond acceptors (Lipinski definition) is 4. The summed E-state index contributed by atoms with van der Waals surface area (Å²) in [6, 6.07) is 0. The van der Waals surface area contributed by atoms with E-state index in [0.717, 1.165) is 43.2 Å². The van der Waals surface area contributed by atoms with Crippen molar-refractivity contribution in [2.24, 2.45) is 0 Å². The van der Waals surface area contributed by atoms with Crippen molar-refractivity contribution in [3.05, 3.63) is 16.1 Å². The van der Waals surface area contributed by atoms with Crippen LogP contribution >= 0.6 is 11.3 Å². The fourth-order valence-electron chi connectivity index (χ4n) is 2.01. The standard InChI is InChI=1S/C12H19N3OS/c1-14(2)8-11-13-10(9-17-11)7-12(16)15-5-3-4-6-15/h9H,3-8H2,1-2H3. The van der Waals surface area contributed by atoms with Crippen LogP contribution in [-0.4, -0.2) is 47.9 Å². The molecule has 0 unspecified atom stereocenters. The number of nitrogens with zero attached hydrogens (tertiary/aromatic N) is 3. The smallest absolute Gasteiger partial charge is 0.228 e. The summed E-state index contributed by atoms with van der Waals surface area (Å²) in [5.74, 6) is 0.226. The minimum atomic E-state index is 0.226. The van der Waals surface area contributed by atoms with Crippen molar-refractivity contribution in [1.82, 2.24) is 14.8 Å². The van der Waals surface area contributed by atoms with E-state index in [2.05, 4.69) is 9.88 Å². The maximum atomic E-state index is 11.9. The molecule has 0 spiro atoms. The molecule has 1 aliphatic heterocycles. The van der Waals surface area contributed by atoms with Crippen LogP contribution < -0.4 is 0 Å². The van der Waals surface area contributed by atoms with Gasteiger partial charge in [0.2, 0.25) is 5.91 Å². The van der Waals surface area contributed by atoms with Gasteiger partial charge in [-0.05, 0) is 26.9 Å². The SMILES string of the molecule is CN(C)Cc1nc(CC(=O)N2CCCC2)cs1. The fourth-order valence-corrected chi connectivity index (χ4v) is 2.92. The van der Waals surface area contributed by atoms with Gasteiger partial charge in [-0.3, -0.25) is 4.79 Å². The molecule has 1 aromatic heterocycles. The highest BCUT2D eigenvalue weighted by Gasteiger charge is 2.18. The van der Waals surface area contributed by atoms with Crippen LogP contribution in [0, 0.1) is 0 Å². The average Bonchev–Trinajstić information content (AvgIpc) is 2.87. The van der Waals surface area contributed by atoms with E-state index in [4.69, 9.17) is 0 Å². The van der Waals surface area contributed by atoms with Gasteiger partial charge in [-0.2, -0.15) is 0 Å². The van der Waals surface area contributed by atoms with Gasteiger partial charge in [0.1, 0.15) is 5.01 Å². The van der Waals surface area contributed by atoms with Crippen LogP contribution in [0.3, 0.4) is 0 Å². The molecule has 0 saturated carbocycles. The van der Waals surface area contributed by atoms with Gasteiger partial charge >= 0.3 is 0 Å². The lowest BCUT2D eigenvalue weighted by atomic mass is 10.3. The summed E-state index contributed by atoms with van der Waals surface area (Å²) in [6.07, 6.45) is 2.76. The van der Waals surface area contributed by atoms with E-state index in [1.165, 1.54) is 0 Å². The summed E-state index contributed by atoms with van der Waals surface area (Å²) in [6.45, 7) is 2.70. The first-order chi connectivity index (χ1) is 8.15. The third kappa shape index (κ3) is 3.51. The number of thiazole rings is 1. The minimum Gasteiger partial charge on any atom is -0.342 e. The maximum absolute atomic E-state index is 11.9. The largest absolute Gasteiger partial charge is 0.342 e. The predicted octanol–water partition coefficient (Wildman–Crippen LogP) is 1.37. The van der Waals surface area contributed by atoms with Gasteiger partial charge in [0.25, 0.3) is 0 Å². The van der Waals surface area contributed by atoms with Crippen molar-refractivity contribution in [3.8, 4) is 0 Å². The molecule has 0 bridgehead atoms. The Hall–Kier alpha value is -0.940. The van der Waals surface area contributed by atoms with Gasteiger partial charge in [-0.25, -0.2) is 4.98 Å². The van der Waals surface area contributed by atoms with E-state index >= 15 is 0 Å². The Bertz CT molecular complexity index is 383. The second-order valence-electron chi connectivity index (χ2n) is 4.74. The topological polar surface area (TPSA) is 36.4 Å². The van der Waals surface area contributed by atoms with Crippen molar-refractivity contribution in [2.45, 2.75) is 25.8 Å². The molecule has 2 heterocycles. The molecule has 5 heteroatoms. The van der Waals surface area contributed by atoms with Crippen molar-refractivity contribution in [2.75, 3.05) is 27.2 Å². The molecule has 1 fully saturated rings. The molecule has 1 aromatic rings. The zero-order chi connectivity index (χ0) is 12.3. The molecule has 2 rings (SSSR count). The molecule has 0 N–H and O–H groups in total. The Morgan fingerprint density at radius 2 is 2.18 bits per heavy atom. The Balaban J connectivity index is 1.89. The second kappa shape index (κ2) is 5.60. The first-order valence-corrected chi connectivity index (χ1v) is 6.89. The van der Waals surface area contributed by atoms with Crippen LogP contribution in [0.25, 0.3) is 0 Å². The van der Waals surface area contributed by atoms with E-state index in [1.807, 2.05) is 24.4 Å². The van der Waals surface area contributed by atoms with Crippen LogP contribution in [0.2, 0.25) is 0 Å². The molecule has 1 aliphatic rings. The number of hydrogen-bond donors (Lipinski definition) is 0. The predicted molar refractivity (Wildman–Crippen MR) is 69.0 cm³/mol. The Labute approximate surface area is 106 Å². The molecular formula is C12H19N3OS. The van der Waals surface area contributed by atoms with Gasteiger partial charge in [-0.15, -0.1) is 11.3 Å². The van der Waals surface area contributed by atoms with E-state index in [1.54, 1.807) is 11.3 Å². The Morgan fingerprint density at radius 3 is 2.82 bits per heavy atom. The van der Waals surface area contributed by atoms with Crippen LogP contribution in [0.4, 0.5) is 0 Å². The van der Waals surface area contributed by atoms with Crippen molar-refractivity contribution >= 4 is 17.2 Å². The molecule has 0 radical (unpaired) electrons. The van der Waals surface area contributed by atoms with Gasteiger partial charge in [-0.1, -0.05) is 0 Å². The molecule has 0 aliphatic carbocycles. The molecule has 0 atom stereocenters. The lowest BCUT2D eigenvalue weighted by molar-refractivity contribution is -0.129. The maximum Gasteiger partial charge on any atom is 0.228 e. The number of carbonyl (C=O) groups excluding carboxylic acids is 1. The van der Waals surface area contributed by atoms with E-state index < -0.39 is 0 Å². The summed E-state index contributed by atoms with van der Waals surface area (Å²) < 4.78 is 0. The van der Waals surface area contributed by atoms with Crippen LogP contribution in [-0.2, 0) is 17.8 Å². The minimum absolute atomic E-state index is 0.226. The molecule has 17 heavy (non-hydrogen) atoms. The third-order valence-corrected chi connectivity index (χ3v) is 3.72. The van der Waals surface area contributed by atoms with E-state index in [9.17, 15) is 4.79 Å². The van der Waals surface area contributed by atoms with Crippen LogP contribution in [0.1, 0.15) is 23.5 Å². The summed E-state index contributed by atoms with van der Waals surface area (Å²) in [4.78, 5) is 20.5. The second-order valence-corrected chi connectivity index (χ2v) is 5.68. The van der Waals surface area contributed by atoms with Crippen molar-refractivity contribution < 1.29 is 4.79 Å². The summed E-state index contributed by atoms with van der Waals surface area (Å²) in [7, 11) is 4.05. The number of amides is 1. The molecule has 4 nitrogen and oxygen atoms in total. The van der Waals surface area contributed by atoms with Crippen LogP contribution in [0.5, 0.6) is 0 Å². The molecule has 94 valence electrons. The highest BCUT2D eigenvalue weighted by atomic mass is 32.1. The van der Waals surface area contributed by atoms with Gasteiger partial charge in [0.05, 0.1) is 12.1 Å². The Kier molecular flexibility index (Phi) is 4.12. The highest BCUT2D eigenvalue weighted by molar-refractivity contribution is 7.09. The zero-order valence-corrected chi connectivity index (χ0v) is 11.3. The molecule has 1 amide bonds. The normalized spacial score (nSPS) is 15.8. The van der Waals surface area contributed by atoms with E-state index in [-0.39, 0.29) is 5.91 Å². The fraction of sp³-hybridized carbons (Fsp3) is 0.667. The average molecular weight is 253 g/mol. The zero-order valence-electron chi connectivity index (χ0n) is 10.5. The summed E-state index contributed by atoms with van der Waals surface area (Å²) in [5.41, 5.74) is 0.920. The monoisotopic (exact) mass is 253 g/mol. The molecule has 1 saturated heterocycles. The third-order valence-electron chi connectivity index (χ3n) is 2.84. The van der Waals surface area contributed by atoms with Crippen molar-refractivity contribution in [1.29, 1.82) is 0 Å². The number of likely N-dealkylation sites (tertiary alicyclic amines) is 1. The first-order valence-electron chi connectivity index (χ1n) is 6.01. The molecular weight excluding hydrogens is 234 g/mol.